The second kappa shape index (κ2) is 5.61. The van der Waals surface area contributed by atoms with Crippen molar-refractivity contribution in [2.24, 2.45) is 5.92 Å². The van der Waals surface area contributed by atoms with Crippen molar-refractivity contribution in [1.82, 2.24) is 0 Å². The lowest BCUT2D eigenvalue weighted by atomic mass is 9.80. The van der Waals surface area contributed by atoms with E-state index in [9.17, 15) is 5.11 Å². The van der Waals surface area contributed by atoms with Crippen LogP contribution in [0.4, 0.5) is 0 Å². The molecule has 0 aromatic heterocycles. The van der Waals surface area contributed by atoms with E-state index in [1.165, 1.54) is 19.3 Å². The average molecular weight is 186 g/mol. The van der Waals surface area contributed by atoms with E-state index in [0.29, 0.717) is 6.61 Å². The van der Waals surface area contributed by atoms with Crippen LogP contribution in [-0.4, -0.2) is 23.9 Å². The summed E-state index contributed by atoms with van der Waals surface area (Å²) in [6.07, 6.45) is 5.64. The van der Waals surface area contributed by atoms with Crippen LogP contribution in [-0.2, 0) is 4.74 Å². The molecule has 2 unspecified atom stereocenters. The maximum atomic E-state index is 9.85. The Morgan fingerprint density at radius 2 is 2.08 bits per heavy atom. The van der Waals surface area contributed by atoms with Gasteiger partial charge in [0.15, 0.2) is 0 Å². The zero-order valence-electron chi connectivity index (χ0n) is 8.83. The van der Waals surface area contributed by atoms with Gasteiger partial charge >= 0.3 is 0 Å². The standard InChI is InChI=1S/C11H22O2/c1-3-11(13-4-2)10(12)8-9-6-5-7-9/h9-12H,3-8H2,1-2H3. The highest BCUT2D eigenvalue weighted by Gasteiger charge is 2.25. The molecule has 0 aromatic carbocycles. The maximum Gasteiger partial charge on any atom is 0.0831 e. The van der Waals surface area contributed by atoms with Gasteiger partial charge in [0.05, 0.1) is 12.2 Å². The number of aliphatic hydroxyl groups excluding tert-OH is 1. The van der Waals surface area contributed by atoms with Gasteiger partial charge in [-0.2, -0.15) is 0 Å². The largest absolute Gasteiger partial charge is 0.390 e. The van der Waals surface area contributed by atoms with Crippen LogP contribution in [0.3, 0.4) is 0 Å². The van der Waals surface area contributed by atoms with Gasteiger partial charge in [0.2, 0.25) is 0 Å². The minimum atomic E-state index is -0.241. The summed E-state index contributed by atoms with van der Waals surface area (Å²) in [5, 5.41) is 9.85. The summed E-state index contributed by atoms with van der Waals surface area (Å²) < 4.78 is 5.47. The van der Waals surface area contributed by atoms with Crippen LogP contribution in [0.25, 0.3) is 0 Å². The van der Waals surface area contributed by atoms with E-state index in [1.54, 1.807) is 0 Å². The number of aliphatic hydroxyl groups is 1. The predicted octanol–water partition coefficient (Wildman–Crippen LogP) is 2.35. The SMILES string of the molecule is CCOC(CC)C(O)CC1CCC1. The summed E-state index contributed by atoms with van der Waals surface area (Å²) in [4.78, 5) is 0. The van der Waals surface area contributed by atoms with Crippen molar-refractivity contribution < 1.29 is 9.84 Å². The molecule has 1 aliphatic carbocycles. The number of rotatable bonds is 6. The maximum absolute atomic E-state index is 9.85. The monoisotopic (exact) mass is 186 g/mol. The molecule has 0 spiro atoms. The summed E-state index contributed by atoms with van der Waals surface area (Å²) in [7, 11) is 0. The first-order valence-electron chi connectivity index (χ1n) is 5.57. The van der Waals surface area contributed by atoms with Gasteiger partial charge < -0.3 is 9.84 Å². The van der Waals surface area contributed by atoms with Crippen LogP contribution >= 0.6 is 0 Å². The highest BCUT2D eigenvalue weighted by Crippen LogP contribution is 2.31. The van der Waals surface area contributed by atoms with Crippen molar-refractivity contribution >= 4 is 0 Å². The van der Waals surface area contributed by atoms with Gasteiger partial charge in [0.25, 0.3) is 0 Å². The van der Waals surface area contributed by atoms with Crippen LogP contribution in [0.1, 0.15) is 46.0 Å². The fourth-order valence-corrected chi connectivity index (χ4v) is 1.94. The lowest BCUT2D eigenvalue weighted by molar-refractivity contribution is -0.0477. The smallest absolute Gasteiger partial charge is 0.0831 e. The first-order valence-corrected chi connectivity index (χ1v) is 5.57. The molecule has 1 saturated carbocycles. The van der Waals surface area contributed by atoms with Gasteiger partial charge in [0, 0.05) is 6.61 Å². The molecule has 0 aromatic rings. The van der Waals surface area contributed by atoms with Crippen LogP contribution in [0, 0.1) is 5.92 Å². The molecule has 0 radical (unpaired) electrons. The number of ether oxygens (including phenoxy) is 1. The van der Waals surface area contributed by atoms with Crippen molar-refractivity contribution in [1.29, 1.82) is 0 Å². The Kier molecular flexibility index (Phi) is 4.74. The summed E-state index contributed by atoms with van der Waals surface area (Å²) >= 11 is 0. The molecule has 0 bridgehead atoms. The van der Waals surface area contributed by atoms with E-state index in [0.717, 1.165) is 18.8 Å². The highest BCUT2D eigenvalue weighted by molar-refractivity contribution is 4.77. The molecule has 1 rings (SSSR count). The molecule has 0 saturated heterocycles. The Balaban J connectivity index is 2.20. The minimum Gasteiger partial charge on any atom is -0.390 e. The second-order valence-corrected chi connectivity index (χ2v) is 4.00. The molecular formula is C11H22O2. The summed E-state index contributed by atoms with van der Waals surface area (Å²) in [5.74, 6) is 0.768. The predicted molar refractivity (Wildman–Crippen MR) is 53.7 cm³/mol. The zero-order valence-corrected chi connectivity index (χ0v) is 8.83. The molecule has 13 heavy (non-hydrogen) atoms. The van der Waals surface area contributed by atoms with Gasteiger partial charge in [-0.1, -0.05) is 26.2 Å². The van der Waals surface area contributed by atoms with Crippen LogP contribution < -0.4 is 0 Å². The normalized spacial score (nSPS) is 22.4. The van der Waals surface area contributed by atoms with Crippen molar-refractivity contribution in [2.45, 2.75) is 58.2 Å². The molecule has 1 fully saturated rings. The van der Waals surface area contributed by atoms with E-state index in [-0.39, 0.29) is 12.2 Å². The van der Waals surface area contributed by atoms with Crippen molar-refractivity contribution in [3.05, 3.63) is 0 Å². The van der Waals surface area contributed by atoms with E-state index < -0.39 is 0 Å². The molecule has 1 N–H and O–H groups in total. The molecule has 1 aliphatic rings. The van der Waals surface area contributed by atoms with E-state index in [1.807, 2.05) is 6.92 Å². The van der Waals surface area contributed by atoms with Gasteiger partial charge in [-0.3, -0.25) is 0 Å². The summed E-state index contributed by atoms with van der Waals surface area (Å²) in [5.41, 5.74) is 0. The molecular weight excluding hydrogens is 164 g/mol. The lowest BCUT2D eigenvalue weighted by Crippen LogP contribution is -2.32. The molecule has 0 amide bonds. The third kappa shape index (κ3) is 3.28. The Labute approximate surface area is 81.3 Å². The van der Waals surface area contributed by atoms with Gasteiger partial charge in [-0.25, -0.2) is 0 Å². The third-order valence-electron chi connectivity index (χ3n) is 3.01. The van der Waals surface area contributed by atoms with Crippen molar-refractivity contribution in [2.75, 3.05) is 6.61 Å². The van der Waals surface area contributed by atoms with Crippen molar-refractivity contribution in [3.63, 3.8) is 0 Å². The molecule has 0 aliphatic heterocycles. The Morgan fingerprint density at radius 1 is 1.38 bits per heavy atom. The third-order valence-corrected chi connectivity index (χ3v) is 3.01. The van der Waals surface area contributed by atoms with Crippen molar-refractivity contribution in [3.8, 4) is 0 Å². The molecule has 78 valence electrons. The van der Waals surface area contributed by atoms with Crippen LogP contribution in [0.5, 0.6) is 0 Å². The highest BCUT2D eigenvalue weighted by atomic mass is 16.5. The molecule has 0 heterocycles. The second-order valence-electron chi connectivity index (χ2n) is 4.00. The van der Waals surface area contributed by atoms with Crippen LogP contribution in [0.15, 0.2) is 0 Å². The first-order chi connectivity index (χ1) is 6.27. The number of hydrogen-bond acceptors (Lipinski definition) is 2. The lowest BCUT2D eigenvalue weighted by Gasteiger charge is -2.30. The Morgan fingerprint density at radius 3 is 2.46 bits per heavy atom. The minimum absolute atomic E-state index is 0.0607. The van der Waals surface area contributed by atoms with Gasteiger partial charge in [-0.05, 0) is 25.7 Å². The molecule has 2 heteroatoms. The Hall–Kier alpha value is -0.0800. The van der Waals surface area contributed by atoms with E-state index in [4.69, 9.17) is 4.74 Å². The topological polar surface area (TPSA) is 29.5 Å². The first kappa shape index (κ1) is 11.0. The summed E-state index contributed by atoms with van der Waals surface area (Å²) in [6.45, 7) is 4.77. The fraction of sp³-hybridized carbons (Fsp3) is 1.00. The number of hydrogen-bond donors (Lipinski definition) is 1. The van der Waals surface area contributed by atoms with Crippen LogP contribution in [0.2, 0.25) is 0 Å². The average Bonchev–Trinajstić information content (AvgIpc) is 2.07. The molecule has 2 nitrogen and oxygen atoms in total. The Bertz CT molecular complexity index is 132. The summed E-state index contributed by atoms with van der Waals surface area (Å²) in [6, 6.07) is 0. The van der Waals surface area contributed by atoms with E-state index in [2.05, 4.69) is 6.92 Å². The van der Waals surface area contributed by atoms with Gasteiger partial charge in [0.1, 0.15) is 0 Å². The van der Waals surface area contributed by atoms with E-state index >= 15 is 0 Å². The molecule has 2 atom stereocenters. The zero-order chi connectivity index (χ0) is 9.68. The van der Waals surface area contributed by atoms with Gasteiger partial charge in [-0.15, -0.1) is 0 Å². The quantitative estimate of drug-likeness (QED) is 0.690. The fourth-order valence-electron chi connectivity index (χ4n) is 1.94.